The molecule has 0 saturated carbocycles. The van der Waals surface area contributed by atoms with E-state index in [2.05, 4.69) is 10.3 Å². The number of aromatic nitrogens is 1. The number of aliphatic carboxylic acids is 1. The molecule has 0 spiro atoms. The Bertz CT molecular complexity index is 1010. The lowest BCUT2D eigenvalue weighted by atomic mass is 9.95. The minimum atomic E-state index is -1.07. The van der Waals surface area contributed by atoms with Gasteiger partial charge in [-0.25, -0.2) is 4.79 Å². The highest BCUT2D eigenvalue weighted by molar-refractivity contribution is 5.95. The summed E-state index contributed by atoms with van der Waals surface area (Å²) in [6, 6.07) is 15.5. The summed E-state index contributed by atoms with van der Waals surface area (Å²) in [4.78, 5) is 39.5. The van der Waals surface area contributed by atoms with Crippen LogP contribution in [0.2, 0.25) is 0 Å². The van der Waals surface area contributed by atoms with E-state index in [9.17, 15) is 14.4 Å². The van der Waals surface area contributed by atoms with Crippen LogP contribution in [-0.2, 0) is 20.9 Å². The zero-order valence-electron chi connectivity index (χ0n) is 15.9. The molecule has 0 saturated heterocycles. The van der Waals surface area contributed by atoms with Crippen LogP contribution in [0.1, 0.15) is 30.5 Å². The quantitative estimate of drug-likeness (QED) is 0.538. The molecule has 0 radical (unpaired) electrons. The molecule has 0 fully saturated rings. The van der Waals surface area contributed by atoms with Crippen LogP contribution in [0.15, 0.2) is 60.8 Å². The monoisotopic (exact) mass is 394 g/mol. The summed E-state index contributed by atoms with van der Waals surface area (Å²) in [5, 5.41) is 12.5. The van der Waals surface area contributed by atoms with E-state index in [1.807, 2.05) is 54.6 Å². The molecule has 1 amide bonds. The van der Waals surface area contributed by atoms with Gasteiger partial charge in [-0.15, -0.1) is 0 Å². The van der Waals surface area contributed by atoms with E-state index in [4.69, 9.17) is 9.84 Å². The van der Waals surface area contributed by atoms with Gasteiger partial charge < -0.3 is 20.1 Å². The summed E-state index contributed by atoms with van der Waals surface area (Å²) >= 11 is 0. The summed E-state index contributed by atoms with van der Waals surface area (Å²) in [6.07, 6.45) is 0.690. The Kier molecular flexibility index (Phi) is 6.29. The SMILES string of the molecule is CC(CC(=O)C(NC(=O)OCc1ccccc1)c1c[nH]c2ccccc12)C(=O)O. The van der Waals surface area contributed by atoms with Crippen molar-refractivity contribution in [1.82, 2.24) is 10.3 Å². The fourth-order valence-corrected chi connectivity index (χ4v) is 3.05. The summed E-state index contributed by atoms with van der Waals surface area (Å²) in [5.74, 6) is -2.33. The minimum absolute atomic E-state index is 0.0625. The molecule has 3 rings (SSSR count). The van der Waals surface area contributed by atoms with Gasteiger partial charge in [-0.3, -0.25) is 9.59 Å². The van der Waals surface area contributed by atoms with Gasteiger partial charge in [0.1, 0.15) is 12.6 Å². The molecule has 7 heteroatoms. The average molecular weight is 394 g/mol. The first-order valence-electron chi connectivity index (χ1n) is 9.24. The van der Waals surface area contributed by atoms with Gasteiger partial charge in [-0.1, -0.05) is 55.5 Å². The first-order valence-corrected chi connectivity index (χ1v) is 9.24. The zero-order chi connectivity index (χ0) is 20.8. The van der Waals surface area contributed by atoms with Gasteiger partial charge >= 0.3 is 12.1 Å². The van der Waals surface area contributed by atoms with Crippen LogP contribution in [0.25, 0.3) is 10.9 Å². The maximum absolute atomic E-state index is 12.9. The van der Waals surface area contributed by atoms with Gasteiger partial charge in [0.2, 0.25) is 0 Å². The van der Waals surface area contributed by atoms with E-state index >= 15 is 0 Å². The molecule has 2 unspecified atom stereocenters. The first kappa shape index (κ1) is 20.1. The number of hydrogen-bond donors (Lipinski definition) is 3. The Hall–Kier alpha value is -3.61. The van der Waals surface area contributed by atoms with Crippen LogP contribution in [0.3, 0.4) is 0 Å². The lowest BCUT2D eigenvalue weighted by molar-refractivity contribution is -0.143. The third-order valence-electron chi connectivity index (χ3n) is 4.66. The molecule has 2 aromatic carbocycles. The highest BCUT2D eigenvalue weighted by atomic mass is 16.5. The van der Waals surface area contributed by atoms with Gasteiger partial charge in [0.05, 0.1) is 5.92 Å². The molecule has 0 aliphatic carbocycles. The van der Waals surface area contributed by atoms with E-state index in [1.54, 1.807) is 6.20 Å². The van der Waals surface area contributed by atoms with Crippen LogP contribution < -0.4 is 5.32 Å². The number of ether oxygens (including phenoxy) is 1. The second-order valence-corrected chi connectivity index (χ2v) is 6.84. The number of amides is 1. The number of carbonyl (C=O) groups excluding carboxylic acids is 2. The maximum Gasteiger partial charge on any atom is 0.408 e. The lowest BCUT2D eigenvalue weighted by Crippen LogP contribution is -2.35. The van der Waals surface area contributed by atoms with Crippen LogP contribution >= 0.6 is 0 Å². The first-order chi connectivity index (χ1) is 14.0. The van der Waals surface area contributed by atoms with Crippen molar-refractivity contribution in [2.24, 2.45) is 5.92 Å². The van der Waals surface area contributed by atoms with Crippen molar-refractivity contribution in [2.75, 3.05) is 0 Å². The Balaban J connectivity index is 1.79. The molecular weight excluding hydrogens is 372 g/mol. The van der Waals surface area contributed by atoms with E-state index in [1.165, 1.54) is 6.92 Å². The van der Waals surface area contributed by atoms with Crippen LogP contribution in [0.5, 0.6) is 0 Å². The number of para-hydroxylation sites is 1. The van der Waals surface area contributed by atoms with Crippen molar-refractivity contribution in [3.05, 3.63) is 71.9 Å². The standard InChI is InChI=1S/C22H22N2O5/c1-14(21(26)27)11-19(25)20(17-12-23-18-10-6-5-9-16(17)18)24-22(28)29-13-15-7-3-2-4-8-15/h2-10,12,14,20,23H,11,13H2,1H3,(H,24,28)(H,26,27). The fourth-order valence-electron chi connectivity index (χ4n) is 3.05. The molecule has 3 aromatic rings. The Morgan fingerprint density at radius 2 is 1.76 bits per heavy atom. The van der Waals surface area contributed by atoms with Crippen LogP contribution in [-0.4, -0.2) is 27.9 Å². The van der Waals surface area contributed by atoms with E-state index in [0.717, 1.165) is 16.5 Å². The number of nitrogens with one attached hydrogen (secondary N) is 2. The van der Waals surface area contributed by atoms with Gasteiger partial charge in [-0.05, 0) is 11.6 Å². The Morgan fingerprint density at radius 3 is 2.48 bits per heavy atom. The number of carbonyl (C=O) groups is 3. The number of hydrogen-bond acceptors (Lipinski definition) is 4. The second kappa shape index (κ2) is 9.05. The molecular formula is C22H22N2O5. The number of benzene rings is 2. The molecule has 0 aliphatic rings. The van der Waals surface area contributed by atoms with E-state index in [-0.39, 0.29) is 13.0 Å². The minimum Gasteiger partial charge on any atom is -0.481 e. The summed E-state index contributed by atoms with van der Waals surface area (Å²) < 4.78 is 5.24. The number of carboxylic acids is 1. The summed E-state index contributed by atoms with van der Waals surface area (Å²) in [7, 11) is 0. The number of alkyl carbamates (subject to hydrolysis) is 1. The molecule has 0 aliphatic heterocycles. The third-order valence-corrected chi connectivity index (χ3v) is 4.66. The van der Waals surface area contributed by atoms with Crippen molar-refractivity contribution in [2.45, 2.75) is 26.0 Å². The summed E-state index contributed by atoms with van der Waals surface area (Å²) in [5.41, 5.74) is 2.20. The van der Waals surface area contributed by atoms with Gasteiger partial charge in [-0.2, -0.15) is 0 Å². The van der Waals surface area contributed by atoms with Crippen LogP contribution in [0, 0.1) is 5.92 Å². The van der Waals surface area contributed by atoms with Gasteiger partial charge in [0.15, 0.2) is 5.78 Å². The molecule has 150 valence electrons. The van der Waals surface area contributed by atoms with E-state index in [0.29, 0.717) is 5.56 Å². The average Bonchev–Trinajstić information content (AvgIpc) is 3.15. The van der Waals surface area contributed by atoms with Crippen molar-refractivity contribution >= 4 is 28.7 Å². The number of ketones is 1. The van der Waals surface area contributed by atoms with Crippen molar-refractivity contribution < 1.29 is 24.2 Å². The number of Topliss-reactive ketones (excluding diaryl/α,β-unsaturated/α-hetero) is 1. The van der Waals surface area contributed by atoms with Crippen molar-refractivity contribution in [3.8, 4) is 0 Å². The number of carboxylic acid groups (broad SMARTS) is 1. The molecule has 1 heterocycles. The molecule has 1 aromatic heterocycles. The third kappa shape index (κ3) is 5.01. The van der Waals surface area contributed by atoms with Gasteiger partial charge in [0, 0.05) is 29.1 Å². The largest absolute Gasteiger partial charge is 0.481 e. The fraction of sp³-hybridized carbons (Fsp3) is 0.227. The van der Waals surface area contributed by atoms with Gasteiger partial charge in [0.25, 0.3) is 0 Å². The Morgan fingerprint density at radius 1 is 1.07 bits per heavy atom. The zero-order valence-corrected chi connectivity index (χ0v) is 15.9. The molecule has 7 nitrogen and oxygen atoms in total. The molecule has 3 N–H and O–H groups in total. The number of aromatic amines is 1. The Labute approximate surface area is 167 Å². The summed E-state index contributed by atoms with van der Waals surface area (Å²) in [6.45, 7) is 1.52. The van der Waals surface area contributed by atoms with Crippen molar-refractivity contribution in [3.63, 3.8) is 0 Å². The number of fused-ring (bicyclic) bond motifs is 1. The highest BCUT2D eigenvalue weighted by Crippen LogP contribution is 2.26. The number of rotatable bonds is 8. The topological polar surface area (TPSA) is 108 Å². The van der Waals surface area contributed by atoms with Crippen molar-refractivity contribution in [1.29, 1.82) is 0 Å². The number of H-pyrrole nitrogens is 1. The second-order valence-electron chi connectivity index (χ2n) is 6.84. The normalized spacial score (nSPS) is 12.9. The van der Waals surface area contributed by atoms with Crippen LogP contribution in [0.4, 0.5) is 4.79 Å². The van der Waals surface area contributed by atoms with E-state index < -0.39 is 29.8 Å². The predicted octanol–water partition coefficient (Wildman–Crippen LogP) is 3.82. The maximum atomic E-state index is 12.9. The smallest absolute Gasteiger partial charge is 0.408 e. The molecule has 2 atom stereocenters. The predicted molar refractivity (Wildman–Crippen MR) is 107 cm³/mol. The lowest BCUT2D eigenvalue weighted by Gasteiger charge is -2.18. The molecule has 0 bridgehead atoms. The molecule has 29 heavy (non-hydrogen) atoms. The highest BCUT2D eigenvalue weighted by Gasteiger charge is 2.28.